The third-order valence-electron chi connectivity index (χ3n) is 6.16. The maximum atomic E-state index is 11.6. The predicted molar refractivity (Wildman–Crippen MR) is 125 cm³/mol. The van der Waals surface area contributed by atoms with E-state index in [1.54, 1.807) is 13.3 Å². The van der Waals surface area contributed by atoms with E-state index in [9.17, 15) is 9.90 Å². The maximum absolute atomic E-state index is 11.6. The van der Waals surface area contributed by atoms with E-state index < -0.39 is 12.0 Å². The molecule has 1 aliphatic heterocycles. The van der Waals surface area contributed by atoms with Gasteiger partial charge in [0.15, 0.2) is 0 Å². The number of aromatic nitrogens is 2. The van der Waals surface area contributed by atoms with Crippen molar-refractivity contribution in [3.63, 3.8) is 0 Å². The van der Waals surface area contributed by atoms with E-state index in [0.717, 1.165) is 41.6 Å². The molecule has 3 aromatic rings. The summed E-state index contributed by atoms with van der Waals surface area (Å²) in [6.45, 7) is 3.58. The number of likely N-dealkylation sites (tertiary alicyclic amines) is 1. The lowest BCUT2D eigenvalue weighted by Crippen LogP contribution is -2.44. The number of carbonyl (C=O) groups is 1. The third-order valence-corrected chi connectivity index (χ3v) is 6.16. The van der Waals surface area contributed by atoms with Crippen LogP contribution < -0.4 is 9.47 Å². The van der Waals surface area contributed by atoms with Gasteiger partial charge in [0.05, 0.1) is 7.11 Å². The van der Waals surface area contributed by atoms with Gasteiger partial charge in [0, 0.05) is 18.3 Å². The number of ether oxygens (including phenoxy) is 2. The van der Waals surface area contributed by atoms with Crippen molar-refractivity contribution in [2.75, 3.05) is 13.7 Å². The van der Waals surface area contributed by atoms with Crippen LogP contribution in [0.15, 0.2) is 54.7 Å². The molecule has 4 rings (SSSR count). The van der Waals surface area contributed by atoms with E-state index in [-0.39, 0.29) is 6.01 Å². The third kappa shape index (κ3) is 5.31. The van der Waals surface area contributed by atoms with Crippen LogP contribution in [-0.4, -0.2) is 45.6 Å². The molecule has 7 nitrogen and oxygen atoms in total. The topological polar surface area (TPSA) is 84.8 Å². The second kappa shape index (κ2) is 10.4. The maximum Gasteiger partial charge on any atom is 0.320 e. The molecule has 0 aliphatic carbocycles. The average Bonchev–Trinajstić information content (AvgIpc) is 2.85. The van der Waals surface area contributed by atoms with Gasteiger partial charge in [0.2, 0.25) is 5.88 Å². The SMILES string of the molecule is COc1nc(OCc2cccc(-c3ccccc3)c2C)ncc1CN1CCCCC1C(=O)O. The number of rotatable bonds is 8. The van der Waals surface area contributed by atoms with Gasteiger partial charge in [-0.25, -0.2) is 4.98 Å². The van der Waals surface area contributed by atoms with Crippen molar-refractivity contribution in [1.82, 2.24) is 14.9 Å². The number of hydrogen-bond donors (Lipinski definition) is 1. The molecule has 0 amide bonds. The molecule has 1 aliphatic rings. The summed E-state index contributed by atoms with van der Waals surface area (Å²) in [6.07, 6.45) is 4.23. The Morgan fingerprint density at radius 3 is 2.70 bits per heavy atom. The number of nitrogens with zero attached hydrogens (tertiary/aromatic N) is 3. The molecule has 33 heavy (non-hydrogen) atoms. The van der Waals surface area contributed by atoms with Gasteiger partial charge < -0.3 is 14.6 Å². The average molecular weight is 448 g/mol. The van der Waals surface area contributed by atoms with Gasteiger partial charge in [-0.3, -0.25) is 9.69 Å². The smallest absolute Gasteiger partial charge is 0.320 e. The Bertz CT molecular complexity index is 1100. The summed E-state index contributed by atoms with van der Waals surface area (Å²) in [5.41, 5.74) is 5.29. The van der Waals surface area contributed by atoms with Crippen LogP contribution in [0.2, 0.25) is 0 Å². The molecule has 0 bridgehead atoms. The standard InChI is InChI=1S/C26H29N3O4/c1-18-20(11-8-12-22(18)19-9-4-3-5-10-19)17-33-26-27-15-21(24(28-26)32-2)16-29-14-7-6-13-23(29)25(30)31/h3-5,8-12,15,23H,6-7,13-14,16-17H2,1-2H3,(H,30,31). The first-order valence-electron chi connectivity index (χ1n) is 11.2. The highest BCUT2D eigenvalue weighted by Crippen LogP contribution is 2.27. The predicted octanol–water partition coefficient (Wildman–Crippen LogP) is 4.48. The molecule has 172 valence electrons. The van der Waals surface area contributed by atoms with Crippen molar-refractivity contribution >= 4 is 5.97 Å². The number of aliphatic carboxylic acids is 1. The Balaban J connectivity index is 1.47. The number of benzene rings is 2. The minimum atomic E-state index is -0.789. The fourth-order valence-electron chi connectivity index (χ4n) is 4.32. The summed E-state index contributed by atoms with van der Waals surface area (Å²) in [4.78, 5) is 22.3. The lowest BCUT2D eigenvalue weighted by molar-refractivity contribution is -0.144. The Morgan fingerprint density at radius 1 is 1.12 bits per heavy atom. The molecular formula is C26H29N3O4. The van der Waals surface area contributed by atoms with E-state index in [2.05, 4.69) is 35.1 Å². The molecule has 2 heterocycles. The number of hydrogen-bond acceptors (Lipinski definition) is 6. The highest BCUT2D eigenvalue weighted by atomic mass is 16.5. The first-order chi connectivity index (χ1) is 16.1. The van der Waals surface area contributed by atoms with Crippen LogP contribution in [0.4, 0.5) is 0 Å². The van der Waals surface area contributed by atoms with Crippen LogP contribution in [0, 0.1) is 6.92 Å². The van der Waals surface area contributed by atoms with Crippen molar-refractivity contribution in [2.24, 2.45) is 0 Å². The van der Waals surface area contributed by atoms with Crippen LogP contribution in [0.5, 0.6) is 11.9 Å². The van der Waals surface area contributed by atoms with Crippen molar-refractivity contribution in [3.05, 3.63) is 71.4 Å². The fraction of sp³-hybridized carbons (Fsp3) is 0.346. The summed E-state index contributed by atoms with van der Waals surface area (Å²) in [7, 11) is 1.55. The van der Waals surface area contributed by atoms with Gasteiger partial charge in [0.25, 0.3) is 0 Å². The highest BCUT2D eigenvalue weighted by Gasteiger charge is 2.29. The van der Waals surface area contributed by atoms with Crippen molar-refractivity contribution in [1.29, 1.82) is 0 Å². The van der Waals surface area contributed by atoms with Gasteiger partial charge in [-0.2, -0.15) is 4.98 Å². The van der Waals surface area contributed by atoms with Crippen LogP contribution in [-0.2, 0) is 17.9 Å². The Kier molecular flexibility index (Phi) is 7.19. The molecule has 7 heteroatoms. The van der Waals surface area contributed by atoms with Crippen LogP contribution in [0.3, 0.4) is 0 Å². The lowest BCUT2D eigenvalue weighted by Gasteiger charge is -2.32. The van der Waals surface area contributed by atoms with Crippen molar-refractivity contribution in [3.8, 4) is 23.0 Å². The van der Waals surface area contributed by atoms with E-state index in [1.807, 2.05) is 35.2 Å². The highest BCUT2D eigenvalue weighted by molar-refractivity contribution is 5.73. The van der Waals surface area contributed by atoms with E-state index in [1.165, 1.54) is 5.56 Å². The quantitative estimate of drug-likeness (QED) is 0.545. The molecule has 2 aromatic carbocycles. The summed E-state index contributed by atoms with van der Waals surface area (Å²) < 4.78 is 11.4. The second-order valence-electron chi connectivity index (χ2n) is 8.25. The number of carboxylic acid groups (broad SMARTS) is 1. The number of methoxy groups -OCH3 is 1. The number of carboxylic acids is 1. The Hall–Kier alpha value is -3.45. The first kappa shape index (κ1) is 22.7. The molecule has 1 fully saturated rings. The molecular weight excluding hydrogens is 418 g/mol. The zero-order chi connectivity index (χ0) is 23.2. The normalized spacial score (nSPS) is 16.4. The number of piperidine rings is 1. The lowest BCUT2D eigenvalue weighted by atomic mass is 9.97. The molecule has 0 radical (unpaired) electrons. The van der Waals surface area contributed by atoms with Gasteiger partial charge in [0.1, 0.15) is 12.6 Å². The molecule has 1 N–H and O–H groups in total. The van der Waals surface area contributed by atoms with Crippen LogP contribution >= 0.6 is 0 Å². The van der Waals surface area contributed by atoms with Crippen molar-refractivity contribution in [2.45, 2.75) is 45.4 Å². The Morgan fingerprint density at radius 2 is 1.94 bits per heavy atom. The van der Waals surface area contributed by atoms with E-state index in [4.69, 9.17) is 9.47 Å². The molecule has 0 saturated carbocycles. The summed E-state index contributed by atoms with van der Waals surface area (Å²) in [5.74, 6) is -0.382. The first-order valence-corrected chi connectivity index (χ1v) is 11.2. The second-order valence-corrected chi connectivity index (χ2v) is 8.25. The molecule has 1 aromatic heterocycles. The van der Waals surface area contributed by atoms with E-state index >= 15 is 0 Å². The van der Waals surface area contributed by atoms with Crippen LogP contribution in [0.1, 0.15) is 36.0 Å². The summed E-state index contributed by atoms with van der Waals surface area (Å²) >= 11 is 0. The fourth-order valence-corrected chi connectivity index (χ4v) is 4.32. The molecule has 1 saturated heterocycles. The van der Waals surface area contributed by atoms with E-state index in [0.29, 0.717) is 25.5 Å². The zero-order valence-corrected chi connectivity index (χ0v) is 19.0. The van der Waals surface area contributed by atoms with Gasteiger partial charge in [-0.15, -0.1) is 0 Å². The minimum absolute atomic E-state index is 0.230. The summed E-state index contributed by atoms with van der Waals surface area (Å²) in [6, 6.07) is 16.2. The van der Waals surface area contributed by atoms with Crippen molar-refractivity contribution < 1.29 is 19.4 Å². The molecule has 0 spiro atoms. The van der Waals surface area contributed by atoms with Crippen LogP contribution in [0.25, 0.3) is 11.1 Å². The zero-order valence-electron chi connectivity index (χ0n) is 19.0. The van der Waals surface area contributed by atoms with Gasteiger partial charge >= 0.3 is 12.0 Å². The Labute approximate surface area is 194 Å². The molecule has 1 atom stereocenters. The largest absolute Gasteiger partial charge is 0.481 e. The minimum Gasteiger partial charge on any atom is -0.481 e. The monoisotopic (exact) mass is 447 g/mol. The van der Waals surface area contributed by atoms with Gasteiger partial charge in [-0.1, -0.05) is 55.0 Å². The molecule has 1 unspecified atom stereocenters. The summed E-state index contributed by atoms with van der Waals surface area (Å²) in [5, 5.41) is 9.53. The van der Waals surface area contributed by atoms with Gasteiger partial charge in [-0.05, 0) is 48.6 Å².